The van der Waals surface area contributed by atoms with Gasteiger partial charge in [0.1, 0.15) is 0 Å². The van der Waals surface area contributed by atoms with Crippen molar-refractivity contribution in [3.8, 4) is 0 Å². The van der Waals surface area contributed by atoms with Crippen molar-refractivity contribution in [3.05, 3.63) is 23.9 Å². The first-order chi connectivity index (χ1) is 9.05. The minimum Gasteiger partial charge on any atom is -0.244 e. The third kappa shape index (κ3) is 4.64. The number of hydrogen-bond acceptors (Lipinski definition) is 4. The zero-order valence-electron chi connectivity index (χ0n) is 12.5. The maximum absolute atomic E-state index is 12.1. The van der Waals surface area contributed by atoms with E-state index in [1.807, 2.05) is 27.7 Å². The molecule has 0 aromatic carbocycles. The fraction of sp³-hybridized carbons (Fsp3) is 0.615. The maximum atomic E-state index is 12.1. The molecule has 114 valence electrons. The molecule has 0 amide bonds. The van der Waals surface area contributed by atoms with E-state index in [4.69, 9.17) is 0 Å². The molecule has 0 saturated carbocycles. The van der Waals surface area contributed by atoms with E-state index in [1.54, 1.807) is 6.07 Å². The predicted octanol–water partition coefficient (Wildman–Crippen LogP) is 1.99. The summed E-state index contributed by atoms with van der Waals surface area (Å²) in [6.07, 6.45) is 3.39. The standard InChI is InChI=1S/C13H22N2O3S2/c1-6-11(15-19(16)13(2,3)4)10-7-8-12(14-9-10)20(5,17)18/h7-9,11,15H,6H2,1-5H3/t11?,19-/m0/s1. The van der Waals surface area contributed by atoms with E-state index in [1.165, 1.54) is 12.3 Å². The van der Waals surface area contributed by atoms with Crippen LogP contribution in [0.15, 0.2) is 23.4 Å². The lowest BCUT2D eigenvalue weighted by Gasteiger charge is -2.23. The lowest BCUT2D eigenvalue weighted by Crippen LogP contribution is -2.35. The van der Waals surface area contributed by atoms with Crippen LogP contribution in [0.3, 0.4) is 0 Å². The molecule has 0 aliphatic carbocycles. The molecule has 0 aliphatic heterocycles. The van der Waals surface area contributed by atoms with Gasteiger partial charge in [-0.25, -0.2) is 22.3 Å². The first kappa shape index (κ1) is 17.3. The molecule has 0 spiro atoms. The van der Waals surface area contributed by atoms with Crippen LogP contribution in [0.1, 0.15) is 45.7 Å². The summed E-state index contributed by atoms with van der Waals surface area (Å²) in [5.74, 6) is 0. The van der Waals surface area contributed by atoms with Gasteiger partial charge in [0, 0.05) is 18.5 Å². The van der Waals surface area contributed by atoms with Crippen molar-refractivity contribution in [1.82, 2.24) is 9.71 Å². The molecular formula is C13H22N2O3S2. The Morgan fingerprint density at radius 1 is 1.35 bits per heavy atom. The minimum absolute atomic E-state index is 0.0491. The van der Waals surface area contributed by atoms with Crippen molar-refractivity contribution in [2.45, 2.75) is 49.9 Å². The highest BCUT2D eigenvalue weighted by atomic mass is 32.2. The van der Waals surface area contributed by atoms with Crippen LogP contribution in [0.5, 0.6) is 0 Å². The van der Waals surface area contributed by atoms with Gasteiger partial charge in [-0.15, -0.1) is 0 Å². The SMILES string of the molecule is CCC(N[S@@](=O)C(C)(C)C)c1ccc(S(C)(=O)=O)nc1. The second kappa shape index (κ2) is 6.32. The molecule has 20 heavy (non-hydrogen) atoms. The van der Waals surface area contributed by atoms with Crippen LogP contribution >= 0.6 is 0 Å². The number of rotatable bonds is 5. The van der Waals surface area contributed by atoms with Crippen molar-refractivity contribution in [3.63, 3.8) is 0 Å². The number of nitrogens with zero attached hydrogens (tertiary/aromatic N) is 1. The van der Waals surface area contributed by atoms with E-state index >= 15 is 0 Å². The Kier molecular flexibility index (Phi) is 5.46. The van der Waals surface area contributed by atoms with Crippen molar-refractivity contribution in [1.29, 1.82) is 0 Å². The lowest BCUT2D eigenvalue weighted by atomic mass is 10.1. The van der Waals surface area contributed by atoms with Crippen LogP contribution in [-0.4, -0.2) is 28.6 Å². The zero-order chi connectivity index (χ0) is 15.6. The molecule has 2 atom stereocenters. The molecule has 1 heterocycles. The van der Waals surface area contributed by atoms with Crippen molar-refractivity contribution in [2.24, 2.45) is 0 Å². The van der Waals surface area contributed by atoms with Crippen LogP contribution in [0.2, 0.25) is 0 Å². The van der Waals surface area contributed by atoms with E-state index in [-0.39, 0.29) is 15.8 Å². The molecule has 0 bridgehead atoms. The Morgan fingerprint density at radius 2 is 1.95 bits per heavy atom. The Balaban J connectivity index is 2.94. The topological polar surface area (TPSA) is 76.1 Å². The van der Waals surface area contributed by atoms with Gasteiger partial charge in [-0.1, -0.05) is 13.0 Å². The molecule has 1 rings (SSSR count). The van der Waals surface area contributed by atoms with Gasteiger partial charge in [0.25, 0.3) is 0 Å². The summed E-state index contributed by atoms with van der Waals surface area (Å²) in [7, 11) is -4.48. The fourth-order valence-corrected chi connectivity index (χ4v) is 2.98. The molecule has 1 N–H and O–H groups in total. The third-order valence-corrected chi connectivity index (χ3v) is 5.37. The smallest absolute Gasteiger partial charge is 0.192 e. The van der Waals surface area contributed by atoms with E-state index in [0.29, 0.717) is 0 Å². The largest absolute Gasteiger partial charge is 0.244 e. The molecule has 7 heteroatoms. The third-order valence-electron chi connectivity index (χ3n) is 2.76. The van der Waals surface area contributed by atoms with Crippen LogP contribution in [0.25, 0.3) is 0 Å². The monoisotopic (exact) mass is 318 g/mol. The van der Waals surface area contributed by atoms with E-state index < -0.39 is 20.8 Å². The van der Waals surface area contributed by atoms with Gasteiger partial charge in [-0.2, -0.15) is 0 Å². The van der Waals surface area contributed by atoms with Crippen LogP contribution in [0, 0.1) is 0 Å². The minimum atomic E-state index is -3.29. The number of nitrogens with one attached hydrogen (secondary N) is 1. The number of aromatic nitrogens is 1. The summed E-state index contributed by atoms with van der Waals surface area (Å²) < 4.78 is 37.6. The van der Waals surface area contributed by atoms with Crippen LogP contribution in [0.4, 0.5) is 0 Å². The van der Waals surface area contributed by atoms with E-state index in [0.717, 1.165) is 18.2 Å². The number of hydrogen-bond donors (Lipinski definition) is 1. The van der Waals surface area contributed by atoms with Gasteiger partial charge in [-0.3, -0.25) is 0 Å². The Morgan fingerprint density at radius 3 is 2.30 bits per heavy atom. The summed E-state index contributed by atoms with van der Waals surface area (Å²) in [6, 6.07) is 3.08. The van der Waals surface area contributed by atoms with Crippen molar-refractivity contribution in [2.75, 3.05) is 6.26 Å². The Hall–Kier alpha value is -0.790. The lowest BCUT2D eigenvalue weighted by molar-refractivity contribution is 0.584. The molecule has 0 radical (unpaired) electrons. The van der Waals surface area contributed by atoms with E-state index in [2.05, 4.69) is 9.71 Å². The summed E-state index contributed by atoms with van der Waals surface area (Å²) in [4.78, 5) is 3.96. The van der Waals surface area contributed by atoms with Gasteiger partial charge < -0.3 is 0 Å². The van der Waals surface area contributed by atoms with Gasteiger partial charge in [0.05, 0.1) is 15.7 Å². The predicted molar refractivity (Wildman–Crippen MR) is 81.4 cm³/mol. The van der Waals surface area contributed by atoms with Gasteiger partial charge in [0.15, 0.2) is 14.9 Å². The molecule has 1 unspecified atom stereocenters. The number of sulfone groups is 1. The Labute approximate surface area is 123 Å². The van der Waals surface area contributed by atoms with Crippen LogP contribution < -0.4 is 4.72 Å². The summed E-state index contributed by atoms with van der Waals surface area (Å²) in [5, 5.41) is 0.0491. The van der Waals surface area contributed by atoms with Gasteiger partial charge >= 0.3 is 0 Å². The van der Waals surface area contributed by atoms with Gasteiger partial charge in [0.2, 0.25) is 0 Å². The highest BCUT2D eigenvalue weighted by Crippen LogP contribution is 2.20. The molecule has 5 nitrogen and oxygen atoms in total. The second-order valence-corrected chi connectivity index (χ2v) is 9.62. The number of pyridine rings is 1. The average Bonchev–Trinajstić information content (AvgIpc) is 2.33. The van der Waals surface area contributed by atoms with E-state index in [9.17, 15) is 12.6 Å². The first-order valence-electron chi connectivity index (χ1n) is 6.39. The highest BCUT2D eigenvalue weighted by molar-refractivity contribution is 7.90. The molecule has 1 aromatic heterocycles. The Bertz CT molecular complexity index is 575. The van der Waals surface area contributed by atoms with Crippen molar-refractivity contribution >= 4 is 20.8 Å². The second-order valence-electron chi connectivity index (χ2n) is 5.66. The molecule has 0 aliphatic rings. The molecule has 1 aromatic rings. The fourth-order valence-electron chi connectivity index (χ4n) is 1.51. The van der Waals surface area contributed by atoms with Gasteiger partial charge in [-0.05, 0) is 38.8 Å². The maximum Gasteiger partial charge on any atom is 0.192 e. The molecule has 0 fully saturated rings. The quantitative estimate of drug-likeness (QED) is 0.901. The summed E-state index contributed by atoms with van der Waals surface area (Å²) in [5.41, 5.74) is 0.831. The summed E-state index contributed by atoms with van der Waals surface area (Å²) in [6.45, 7) is 7.66. The van der Waals surface area contributed by atoms with Crippen molar-refractivity contribution < 1.29 is 12.6 Å². The first-order valence-corrected chi connectivity index (χ1v) is 9.44. The van der Waals surface area contributed by atoms with Crippen LogP contribution in [-0.2, 0) is 20.8 Å². The summed E-state index contributed by atoms with van der Waals surface area (Å²) >= 11 is 0. The average molecular weight is 318 g/mol. The molecular weight excluding hydrogens is 296 g/mol. The normalized spacial score (nSPS) is 15.8. The highest BCUT2D eigenvalue weighted by Gasteiger charge is 2.23. The molecule has 0 saturated heterocycles. The zero-order valence-corrected chi connectivity index (χ0v) is 14.1.